The number of aromatic nitrogens is 2. The van der Waals surface area contributed by atoms with Crippen LogP contribution in [0.25, 0.3) is 0 Å². The predicted molar refractivity (Wildman–Crippen MR) is 144 cm³/mol. The molecule has 38 heavy (non-hydrogen) atoms. The number of benzene rings is 2. The van der Waals surface area contributed by atoms with Crippen LogP contribution in [-0.4, -0.2) is 71.1 Å². The molecular formula is C25H24B3FN4O4S. The van der Waals surface area contributed by atoms with Gasteiger partial charge in [0.05, 0.1) is 41.2 Å². The van der Waals surface area contributed by atoms with Gasteiger partial charge in [0.1, 0.15) is 6.04 Å². The van der Waals surface area contributed by atoms with Crippen molar-refractivity contribution in [2.24, 2.45) is 5.92 Å². The molecule has 8 nitrogen and oxygen atoms in total. The predicted octanol–water partition coefficient (Wildman–Crippen LogP) is 1.48. The molecule has 0 spiro atoms. The Labute approximate surface area is 225 Å². The number of hydrogen-bond donors (Lipinski definition) is 1. The van der Waals surface area contributed by atoms with E-state index in [4.69, 9.17) is 23.5 Å². The first-order valence-electron chi connectivity index (χ1n) is 11.8. The molecule has 2 aromatic carbocycles. The minimum atomic E-state index is -3.57. The maximum atomic E-state index is 14.7. The van der Waals surface area contributed by atoms with Gasteiger partial charge < -0.3 is 10.2 Å². The van der Waals surface area contributed by atoms with Gasteiger partial charge in [-0.3, -0.25) is 14.3 Å². The number of hydrogen-bond acceptors (Lipinski definition) is 5. The smallest absolute Gasteiger partial charge is 0.275 e. The van der Waals surface area contributed by atoms with Crippen molar-refractivity contribution in [1.29, 1.82) is 0 Å². The summed E-state index contributed by atoms with van der Waals surface area (Å²) < 4.78 is 40.4. The highest BCUT2D eigenvalue weighted by molar-refractivity contribution is 7.90. The number of fused-ring (bicyclic) bond motifs is 1. The van der Waals surface area contributed by atoms with Gasteiger partial charge >= 0.3 is 0 Å². The number of anilines is 1. The minimum absolute atomic E-state index is 0.0351. The van der Waals surface area contributed by atoms with E-state index in [1.165, 1.54) is 22.9 Å². The lowest BCUT2D eigenvalue weighted by atomic mass is 9.48. The fraction of sp³-hybridized carbons (Fsp3) is 0.320. The molecule has 1 N–H and O–H groups in total. The molecule has 2 heterocycles. The fourth-order valence-corrected chi connectivity index (χ4v) is 5.25. The largest absolute Gasteiger partial charge is 0.338 e. The Balaban J connectivity index is 1.69. The lowest BCUT2D eigenvalue weighted by molar-refractivity contribution is -0.121. The second-order valence-corrected chi connectivity index (χ2v) is 11.7. The first-order chi connectivity index (χ1) is 17.7. The molecule has 0 unspecified atom stereocenters. The monoisotopic (exact) mass is 528 g/mol. The molecule has 3 aromatic rings. The number of carbonyl (C=O) groups excluding carboxylic acids is 2. The molecular weight excluding hydrogens is 504 g/mol. The maximum absolute atomic E-state index is 14.7. The number of nitrogens with zero attached hydrogens (tertiary/aromatic N) is 3. The van der Waals surface area contributed by atoms with E-state index in [0.29, 0.717) is 5.56 Å². The quantitative estimate of drug-likeness (QED) is 0.489. The molecule has 13 heteroatoms. The van der Waals surface area contributed by atoms with Crippen LogP contribution in [0.15, 0.2) is 59.6 Å². The van der Waals surface area contributed by atoms with E-state index in [2.05, 4.69) is 10.4 Å². The highest BCUT2D eigenvalue weighted by Crippen LogP contribution is 2.41. The highest BCUT2D eigenvalue weighted by Gasteiger charge is 2.43. The third-order valence-electron chi connectivity index (χ3n) is 6.75. The number of rotatable bonds is 6. The average Bonchev–Trinajstić information content (AvgIpc) is 3.17. The second kappa shape index (κ2) is 10.1. The van der Waals surface area contributed by atoms with E-state index in [9.17, 15) is 22.4 Å². The van der Waals surface area contributed by atoms with Gasteiger partial charge in [0.25, 0.3) is 5.91 Å². The number of nitrogens with one attached hydrogen (secondary N) is 1. The number of sulfone groups is 1. The summed E-state index contributed by atoms with van der Waals surface area (Å²) in [4.78, 5) is 27.8. The maximum Gasteiger partial charge on any atom is 0.275 e. The first kappa shape index (κ1) is 27.7. The molecule has 3 atom stereocenters. The van der Waals surface area contributed by atoms with Crippen molar-refractivity contribution >= 4 is 50.9 Å². The lowest BCUT2D eigenvalue weighted by Gasteiger charge is -2.39. The normalized spacial score (nSPS) is 20.1. The first-order valence-corrected chi connectivity index (χ1v) is 13.7. The van der Waals surface area contributed by atoms with Crippen molar-refractivity contribution in [2.45, 2.75) is 42.5 Å². The van der Waals surface area contributed by atoms with E-state index in [1.54, 1.807) is 13.8 Å². The van der Waals surface area contributed by atoms with Crippen LogP contribution in [0.2, 0.25) is 0 Å². The second-order valence-electron chi connectivity index (χ2n) is 9.66. The topological polar surface area (TPSA) is 101 Å². The van der Waals surface area contributed by atoms with Crippen molar-refractivity contribution in [1.82, 2.24) is 15.1 Å². The summed E-state index contributed by atoms with van der Waals surface area (Å²) >= 11 is 0. The molecule has 190 valence electrons. The van der Waals surface area contributed by atoms with Crippen LogP contribution in [0.5, 0.6) is 0 Å². The number of halogens is 1. The molecule has 0 bridgehead atoms. The summed E-state index contributed by atoms with van der Waals surface area (Å²) in [5, 5.41) is 4.46. The van der Waals surface area contributed by atoms with Crippen LogP contribution in [-0.2, 0) is 21.2 Å². The van der Waals surface area contributed by atoms with Crippen molar-refractivity contribution in [3.05, 3.63) is 77.4 Å². The SMILES string of the molecule is [B]C([B])([B])N1C(=O)[C@@H](NC(=O)c2nn(Cc3ccccc3)cc2F)[C@@H](C)[C@@H](C)c2cc(S(C)(=O)=O)ccc21. The van der Waals surface area contributed by atoms with Gasteiger partial charge in [-0.2, -0.15) is 5.10 Å². The van der Waals surface area contributed by atoms with Crippen LogP contribution in [0.4, 0.5) is 10.1 Å². The Hall–Kier alpha value is -3.34. The molecule has 1 aromatic heterocycles. The number of amides is 2. The molecule has 1 aliphatic rings. The van der Waals surface area contributed by atoms with Crippen LogP contribution >= 0.6 is 0 Å². The van der Waals surface area contributed by atoms with E-state index in [0.717, 1.165) is 22.9 Å². The van der Waals surface area contributed by atoms with Crippen molar-refractivity contribution < 1.29 is 22.4 Å². The summed E-state index contributed by atoms with van der Waals surface area (Å²) in [6.07, 6.45) is 2.17. The van der Waals surface area contributed by atoms with Gasteiger partial charge in [0.15, 0.2) is 21.3 Å². The van der Waals surface area contributed by atoms with Crippen molar-refractivity contribution in [3.8, 4) is 0 Å². The zero-order valence-corrected chi connectivity index (χ0v) is 21.9. The Morgan fingerprint density at radius 2 is 1.79 bits per heavy atom. The van der Waals surface area contributed by atoms with Crippen molar-refractivity contribution in [3.63, 3.8) is 0 Å². The fourth-order valence-electron chi connectivity index (χ4n) is 4.59. The zero-order chi connectivity index (χ0) is 28.0. The summed E-state index contributed by atoms with van der Waals surface area (Å²) in [6.45, 7) is 3.71. The summed E-state index contributed by atoms with van der Waals surface area (Å²) in [6, 6.07) is 12.1. The molecule has 1 aliphatic heterocycles. The lowest BCUT2D eigenvalue weighted by Crippen LogP contribution is -2.60. The molecule has 0 saturated heterocycles. The van der Waals surface area contributed by atoms with Gasteiger partial charge in [0.2, 0.25) is 5.91 Å². The summed E-state index contributed by atoms with van der Waals surface area (Å²) in [7, 11) is 14.3. The summed E-state index contributed by atoms with van der Waals surface area (Å²) in [5.41, 5.74) is 1.04. The third-order valence-corrected chi connectivity index (χ3v) is 7.86. The van der Waals surface area contributed by atoms with Gasteiger partial charge in [-0.15, -0.1) is 0 Å². The Bertz CT molecular complexity index is 1490. The van der Waals surface area contributed by atoms with Gasteiger partial charge in [-0.1, -0.05) is 49.4 Å². The van der Waals surface area contributed by atoms with E-state index >= 15 is 0 Å². The van der Waals surface area contributed by atoms with Crippen LogP contribution in [0.1, 0.15) is 41.4 Å². The average molecular weight is 528 g/mol. The number of carbonyl (C=O) groups is 2. The van der Waals surface area contributed by atoms with Crippen LogP contribution < -0.4 is 10.2 Å². The Morgan fingerprint density at radius 3 is 2.39 bits per heavy atom. The standard InChI is InChI=1S/C25H24B3FN4O4S/c1-14-15(2)21(30-23(34)22-19(29)13-32(31-22)12-16-7-5-4-6-8-16)24(35)33(25(26,27)28)20-10-9-17(11-18(14)20)38(3,36)37/h4-11,13-15,21H,12H2,1-3H3,(H,30,34)/t14-,15+,21+/m1/s1. The Morgan fingerprint density at radius 1 is 1.13 bits per heavy atom. The highest BCUT2D eigenvalue weighted by atomic mass is 32.2. The van der Waals surface area contributed by atoms with E-state index < -0.39 is 56.3 Å². The van der Waals surface area contributed by atoms with Crippen LogP contribution in [0, 0.1) is 11.7 Å². The zero-order valence-electron chi connectivity index (χ0n) is 21.1. The third kappa shape index (κ3) is 5.43. The van der Waals surface area contributed by atoms with Crippen LogP contribution in [0.3, 0.4) is 0 Å². The van der Waals surface area contributed by atoms with Gasteiger partial charge in [-0.05, 0) is 41.2 Å². The Kier molecular flexibility index (Phi) is 7.35. The van der Waals surface area contributed by atoms with Gasteiger partial charge in [0, 0.05) is 11.9 Å². The molecule has 6 radical (unpaired) electrons. The van der Waals surface area contributed by atoms with Gasteiger partial charge in [-0.25, -0.2) is 12.8 Å². The van der Waals surface area contributed by atoms with E-state index in [-0.39, 0.29) is 17.1 Å². The molecule has 4 rings (SSSR count). The summed E-state index contributed by atoms with van der Waals surface area (Å²) in [5.74, 6) is -3.56. The molecule has 0 fully saturated rings. The molecule has 0 saturated carbocycles. The molecule has 0 aliphatic carbocycles. The molecule has 2 amide bonds. The minimum Gasteiger partial charge on any atom is -0.338 e. The van der Waals surface area contributed by atoms with E-state index in [1.807, 2.05) is 30.3 Å². The van der Waals surface area contributed by atoms with Crippen molar-refractivity contribution in [2.75, 3.05) is 11.2 Å².